The third-order valence-electron chi connectivity index (χ3n) is 2.10. The minimum Gasteiger partial charge on any atom is -0.391 e. The predicted molar refractivity (Wildman–Crippen MR) is 57.7 cm³/mol. The summed E-state index contributed by atoms with van der Waals surface area (Å²) in [6.45, 7) is 3.03. The minimum absolute atomic E-state index is 0.221. The molecule has 1 rings (SSSR count). The number of nitrogens with two attached hydrogens (primary N) is 1. The number of hydrogen-bond acceptors (Lipinski definition) is 5. The summed E-state index contributed by atoms with van der Waals surface area (Å²) < 4.78 is 1.51. The molecule has 1 heterocycles. The molecule has 0 saturated carbocycles. The summed E-state index contributed by atoms with van der Waals surface area (Å²) >= 11 is 0. The van der Waals surface area contributed by atoms with Crippen LogP contribution in [0.15, 0.2) is 6.20 Å². The zero-order chi connectivity index (χ0) is 12.0. The van der Waals surface area contributed by atoms with Crippen molar-refractivity contribution in [3.8, 4) is 0 Å². The van der Waals surface area contributed by atoms with Gasteiger partial charge in [-0.05, 0) is 6.42 Å². The maximum atomic E-state index is 11.5. The first-order valence-corrected chi connectivity index (χ1v) is 5.23. The fourth-order valence-electron chi connectivity index (χ4n) is 1.09. The Hall–Kier alpha value is -1.47. The average molecular weight is 227 g/mol. The monoisotopic (exact) mass is 227 g/mol. The van der Waals surface area contributed by atoms with Gasteiger partial charge in [0.1, 0.15) is 0 Å². The lowest BCUT2D eigenvalue weighted by atomic mass is 10.3. The summed E-state index contributed by atoms with van der Waals surface area (Å²) in [5.74, 6) is -0.337. The molecule has 0 fully saturated rings. The number of nitrogens with one attached hydrogen (secondary N) is 1. The summed E-state index contributed by atoms with van der Waals surface area (Å²) in [5, 5.41) is 19.3. The van der Waals surface area contributed by atoms with Gasteiger partial charge in [0.15, 0.2) is 5.69 Å². The summed E-state index contributed by atoms with van der Waals surface area (Å²) in [5.41, 5.74) is 5.57. The first-order valence-electron chi connectivity index (χ1n) is 5.23. The van der Waals surface area contributed by atoms with Gasteiger partial charge in [0.2, 0.25) is 0 Å². The summed E-state index contributed by atoms with van der Waals surface area (Å²) in [7, 11) is 0. The van der Waals surface area contributed by atoms with E-state index in [1.54, 1.807) is 0 Å². The highest BCUT2D eigenvalue weighted by Crippen LogP contribution is 1.94. The minimum atomic E-state index is -0.525. The molecule has 0 aromatic carbocycles. The van der Waals surface area contributed by atoms with Crippen LogP contribution >= 0.6 is 0 Å². The lowest BCUT2D eigenvalue weighted by molar-refractivity contribution is 0.0909. The average Bonchev–Trinajstić information content (AvgIpc) is 2.74. The molecule has 1 aromatic heterocycles. The van der Waals surface area contributed by atoms with Crippen molar-refractivity contribution in [3.05, 3.63) is 11.9 Å². The fraction of sp³-hybridized carbons (Fsp3) is 0.667. The highest BCUT2D eigenvalue weighted by molar-refractivity contribution is 5.91. The topological polar surface area (TPSA) is 106 Å². The van der Waals surface area contributed by atoms with E-state index in [9.17, 15) is 9.90 Å². The van der Waals surface area contributed by atoms with E-state index in [0.717, 1.165) is 0 Å². The van der Waals surface area contributed by atoms with Gasteiger partial charge in [-0.2, -0.15) is 0 Å². The number of carbonyl (C=O) groups is 1. The van der Waals surface area contributed by atoms with Crippen molar-refractivity contribution in [1.82, 2.24) is 20.3 Å². The van der Waals surface area contributed by atoms with Crippen LogP contribution in [0, 0.1) is 0 Å². The molecule has 7 nitrogen and oxygen atoms in total. The van der Waals surface area contributed by atoms with Crippen LogP contribution in [0.3, 0.4) is 0 Å². The molecule has 7 heteroatoms. The van der Waals surface area contributed by atoms with Crippen molar-refractivity contribution >= 4 is 5.91 Å². The first kappa shape index (κ1) is 12.6. The Morgan fingerprint density at radius 3 is 3.12 bits per heavy atom. The predicted octanol–water partition coefficient (Wildman–Crippen LogP) is -1.26. The van der Waals surface area contributed by atoms with Gasteiger partial charge in [-0.3, -0.25) is 9.48 Å². The molecular formula is C9H17N5O2. The van der Waals surface area contributed by atoms with Crippen LogP contribution in [0.1, 0.15) is 23.8 Å². The normalized spacial score (nSPS) is 12.4. The van der Waals surface area contributed by atoms with Gasteiger partial charge in [-0.25, -0.2) is 0 Å². The molecule has 1 amide bonds. The molecule has 0 radical (unpaired) electrons. The second-order valence-corrected chi connectivity index (χ2v) is 3.43. The van der Waals surface area contributed by atoms with Crippen LogP contribution in [0.4, 0.5) is 0 Å². The highest BCUT2D eigenvalue weighted by atomic mass is 16.3. The van der Waals surface area contributed by atoms with E-state index >= 15 is 0 Å². The number of aliphatic hydroxyl groups is 1. The molecule has 0 aliphatic carbocycles. The third kappa shape index (κ3) is 3.59. The smallest absolute Gasteiger partial charge is 0.273 e. The molecule has 0 aliphatic rings. The summed E-state index contributed by atoms with van der Waals surface area (Å²) in [4.78, 5) is 11.5. The van der Waals surface area contributed by atoms with E-state index in [2.05, 4.69) is 15.6 Å². The Balaban J connectivity index is 2.46. The van der Waals surface area contributed by atoms with E-state index in [1.165, 1.54) is 10.9 Å². The van der Waals surface area contributed by atoms with Crippen LogP contribution in [0.25, 0.3) is 0 Å². The second kappa shape index (κ2) is 6.19. The molecule has 16 heavy (non-hydrogen) atoms. The quantitative estimate of drug-likeness (QED) is 0.562. The van der Waals surface area contributed by atoms with E-state index in [4.69, 9.17) is 5.73 Å². The zero-order valence-electron chi connectivity index (χ0n) is 9.26. The number of carbonyl (C=O) groups excluding carboxylic acids is 1. The SMILES string of the molecule is CCC(O)CNC(=O)c1cn(CCN)nn1. The Kier molecular flexibility index (Phi) is 4.87. The van der Waals surface area contributed by atoms with Gasteiger partial charge in [0, 0.05) is 13.1 Å². The van der Waals surface area contributed by atoms with Crippen LogP contribution in [0.2, 0.25) is 0 Å². The molecular weight excluding hydrogens is 210 g/mol. The van der Waals surface area contributed by atoms with Crippen LogP contribution in [-0.4, -0.2) is 45.2 Å². The second-order valence-electron chi connectivity index (χ2n) is 3.43. The van der Waals surface area contributed by atoms with Gasteiger partial charge in [0.25, 0.3) is 5.91 Å². The van der Waals surface area contributed by atoms with E-state index < -0.39 is 6.10 Å². The van der Waals surface area contributed by atoms with E-state index in [-0.39, 0.29) is 18.1 Å². The molecule has 0 spiro atoms. The lowest BCUT2D eigenvalue weighted by Crippen LogP contribution is -2.31. The molecule has 0 bridgehead atoms. The Labute approximate surface area is 93.6 Å². The van der Waals surface area contributed by atoms with E-state index in [0.29, 0.717) is 19.5 Å². The van der Waals surface area contributed by atoms with Gasteiger partial charge >= 0.3 is 0 Å². The lowest BCUT2D eigenvalue weighted by Gasteiger charge is -2.07. The number of rotatable bonds is 6. The Morgan fingerprint density at radius 1 is 1.75 bits per heavy atom. The Bertz CT molecular complexity index is 338. The zero-order valence-corrected chi connectivity index (χ0v) is 9.26. The molecule has 1 unspecified atom stereocenters. The standard InChI is InChI=1S/C9H17N5O2/c1-2-7(15)5-11-9(16)8-6-14(4-3-10)13-12-8/h6-7,15H,2-5,10H2,1H3,(H,11,16). The van der Waals surface area contributed by atoms with Crippen molar-refractivity contribution in [2.24, 2.45) is 5.73 Å². The highest BCUT2D eigenvalue weighted by Gasteiger charge is 2.11. The summed E-state index contributed by atoms with van der Waals surface area (Å²) in [6.07, 6.45) is 1.60. The maximum Gasteiger partial charge on any atom is 0.273 e. The first-order chi connectivity index (χ1) is 7.67. The number of aliphatic hydroxyl groups excluding tert-OH is 1. The molecule has 1 aromatic rings. The van der Waals surface area contributed by atoms with Crippen molar-refractivity contribution in [3.63, 3.8) is 0 Å². The molecule has 0 saturated heterocycles. The largest absolute Gasteiger partial charge is 0.391 e. The number of hydrogen-bond donors (Lipinski definition) is 3. The number of amides is 1. The Morgan fingerprint density at radius 2 is 2.50 bits per heavy atom. The molecule has 1 atom stereocenters. The van der Waals surface area contributed by atoms with Gasteiger partial charge < -0.3 is 16.2 Å². The van der Waals surface area contributed by atoms with E-state index in [1.807, 2.05) is 6.92 Å². The number of nitrogens with zero attached hydrogens (tertiary/aromatic N) is 3. The van der Waals surface area contributed by atoms with Gasteiger partial charge in [0.05, 0.1) is 18.8 Å². The molecule has 4 N–H and O–H groups in total. The molecule has 90 valence electrons. The van der Waals surface area contributed by atoms with Crippen molar-refractivity contribution in [1.29, 1.82) is 0 Å². The van der Waals surface area contributed by atoms with Crippen LogP contribution in [0.5, 0.6) is 0 Å². The van der Waals surface area contributed by atoms with Crippen molar-refractivity contribution in [2.45, 2.75) is 26.0 Å². The summed E-state index contributed by atoms with van der Waals surface area (Å²) in [6, 6.07) is 0. The maximum absolute atomic E-state index is 11.5. The molecule has 0 aliphatic heterocycles. The van der Waals surface area contributed by atoms with Gasteiger partial charge in [-0.1, -0.05) is 12.1 Å². The van der Waals surface area contributed by atoms with Gasteiger partial charge in [-0.15, -0.1) is 5.10 Å². The van der Waals surface area contributed by atoms with Crippen molar-refractivity contribution in [2.75, 3.05) is 13.1 Å². The van der Waals surface area contributed by atoms with Crippen LogP contribution < -0.4 is 11.1 Å². The van der Waals surface area contributed by atoms with Crippen molar-refractivity contribution < 1.29 is 9.90 Å². The fourth-order valence-corrected chi connectivity index (χ4v) is 1.09. The third-order valence-corrected chi connectivity index (χ3v) is 2.10. The van der Waals surface area contributed by atoms with Crippen LogP contribution in [-0.2, 0) is 6.54 Å². The number of aromatic nitrogens is 3.